The van der Waals surface area contributed by atoms with Gasteiger partial charge >= 0.3 is 0 Å². The van der Waals surface area contributed by atoms with E-state index in [0.29, 0.717) is 24.2 Å². The number of aromatic nitrogens is 3. The molecule has 0 amide bonds. The normalized spacial score (nSPS) is 10.9. The minimum atomic E-state index is 0.291. The topological polar surface area (TPSA) is 54.5 Å². The van der Waals surface area contributed by atoms with E-state index in [-0.39, 0.29) is 0 Å². The molecule has 0 spiro atoms. The Kier molecular flexibility index (Phi) is 3.23. The Morgan fingerprint density at radius 2 is 2.00 bits per heavy atom. The summed E-state index contributed by atoms with van der Waals surface area (Å²) in [4.78, 5) is 4.35. The van der Waals surface area contributed by atoms with Gasteiger partial charge in [-0.1, -0.05) is 13.8 Å². The van der Waals surface area contributed by atoms with Crippen LogP contribution in [-0.2, 0) is 6.42 Å². The molecular weight excluding hydrogens is 176 g/mol. The summed E-state index contributed by atoms with van der Waals surface area (Å²) < 4.78 is 1.90. The minimum Gasteiger partial charge on any atom is -0.247 e. The molecule has 0 N–H and O–H groups in total. The fourth-order valence-corrected chi connectivity index (χ4v) is 1.30. The highest BCUT2D eigenvalue weighted by molar-refractivity contribution is 5.02. The molecule has 76 valence electrons. The van der Waals surface area contributed by atoms with Crippen molar-refractivity contribution in [2.75, 3.05) is 0 Å². The van der Waals surface area contributed by atoms with Gasteiger partial charge in [0.1, 0.15) is 5.82 Å². The molecule has 1 aromatic rings. The third-order valence-electron chi connectivity index (χ3n) is 1.94. The summed E-state index contributed by atoms with van der Waals surface area (Å²) >= 11 is 0. The third kappa shape index (κ3) is 2.11. The van der Waals surface area contributed by atoms with Crippen molar-refractivity contribution in [3.8, 4) is 6.07 Å². The summed E-state index contributed by atoms with van der Waals surface area (Å²) in [6.45, 7) is 8.30. The van der Waals surface area contributed by atoms with Crippen LogP contribution in [0.3, 0.4) is 0 Å². The maximum atomic E-state index is 8.56. The summed E-state index contributed by atoms with van der Waals surface area (Å²) in [7, 11) is 0. The number of rotatable bonds is 3. The molecule has 0 aliphatic carbocycles. The van der Waals surface area contributed by atoms with Crippen LogP contribution in [0.2, 0.25) is 0 Å². The third-order valence-corrected chi connectivity index (χ3v) is 1.94. The van der Waals surface area contributed by atoms with Crippen LogP contribution in [0.4, 0.5) is 0 Å². The highest BCUT2D eigenvalue weighted by Gasteiger charge is 2.14. The van der Waals surface area contributed by atoms with Crippen LogP contribution in [0.25, 0.3) is 0 Å². The molecule has 1 rings (SSSR count). The first kappa shape index (κ1) is 10.7. The Bertz CT molecular complexity index is 318. The van der Waals surface area contributed by atoms with E-state index in [9.17, 15) is 0 Å². The van der Waals surface area contributed by atoms with Gasteiger partial charge in [0.05, 0.1) is 12.5 Å². The quantitative estimate of drug-likeness (QED) is 0.736. The van der Waals surface area contributed by atoms with Crippen molar-refractivity contribution in [3.63, 3.8) is 0 Å². The zero-order valence-electron chi connectivity index (χ0n) is 9.15. The van der Waals surface area contributed by atoms with Crippen molar-refractivity contribution in [1.29, 1.82) is 5.26 Å². The lowest BCUT2D eigenvalue weighted by atomic mass is 10.2. The number of hydrogen-bond donors (Lipinski definition) is 0. The average molecular weight is 192 g/mol. The second-order valence-electron chi connectivity index (χ2n) is 3.91. The maximum Gasteiger partial charge on any atom is 0.164 e. The van der Waals surface area contributed by atoms with Gasteiger partial charge in [0.15, 0.2) is 5.82 Å². The van der Waals surface area contributed by atoms with Crippen molar-refractivity contribution in [1.82, 2.24) is 14.8 Å². The number of hydrogen-bond acceptors (Lipinski definition) is 3. The summed E-state index contributed by atoms with van der Waals surface area (Å²) in [6, 6.07) is 2.36. The van der Waals surface area contributed by atoms with Gasteiger partial charge in [-0.2, -0.15) is 10.4 Å². The summed E-state index contributed by atoms with van der Waals surface area (Å²) in [5.74, 6) is 1.94. The van der Waals surface area contributed by atoms with Crippen LogP contribution in [0.5, 0.6) is 0 Å². The fourth-order valence-electron chi connectivity index (χ4n) is 1.30. The van der Waals surface area contributed by atoms with E-state index in [1.54, 1.807) is 0 Å². The number of nitriles is 1. The second-order valence-corrected chi connectivity index (χ2v) is 3.91. The maximum absolute atomic E-state index is 8.56. The van der Waals surface area contributed by atoms with Crippen molar-refractivity contribution in [2.45, 2.75) is 46.1 Å². The highest BCUT2D eigenvalue weighted by atomic mass is 15.4. The molecule has 14 heavy (non-hydrogen) atoms. The first-order valence-corrected chi connectivity index (χ1v) is 4.88. The molecule has 0 aromatic carbocycles. The number of nitrogens with zero attached hydrogens (tertiary/aromatic N) is 4. The second kappa shape index (κ2) is 4.23. The Hall–Kier alpha value is -1.37. The highest BCUT2D eigenvalue weighted by Crippen LogP contribution is 2.16. The van der Waals surface area contributed by atoms with Crippen LogP contribution in [0, 0.1) is 11.3 Å². The molecule has 0 fully saturated rings. The van der Waals surface area contributed by atoms with Crippen molar-refractivity contribution >= 4 is 0 Å². The molecule has 0 saturated carbocycles. The summed E-state index contributed by atoms with van der Waals surface area (Å²) in [5.41, 5.74) is 0. The van der Waals surface area contributed by atoms with Gasteiger partial charge in [-0.25, -0.2) is 9.67 Å². The average Bonchev–Trinajstić information content (AvgIpc) is 2.49. The smallest absolute Gasteiger partial charge is 0.164 e. The largest absolute Gasteiger partial charge is 0.247 e. The molecule has 0 radical (unpaired) electrons. The van der Waals surface area contributed by atoms with Gasteiger partial charge in [0.25, 0.3) is 0 Å². The molecule has 1 heterocycles. The van der Waals surface area contributed by atoms with E-state index in [2.05, 4.69) is 43.8 Å². The van der Waals surface area contributed by atoms with Crippen LogP contribution < -0.4 is 0 Å². The van der Waals surface area contributed by atoms with E-state index < -0.39 is 0 Å². The first-order valence-electron chi connectivity index (χ1n) is 4.88. The molecule has 0 atom stereocenters. The standard InChI is InChI=1S/C10H16N4/c1-7(2)10-12-9(5-6-11)13-14(10)8(3)4/h7-8H,5H2,1-4H3. The lowest BCUT2D eigenvalue weighted by Gasteiger charge is -2.10. The van der Waals surface area contributed by atoms with Crippen LogP contribution in [-0.4, -0.2) is 14.8 Å². The van der Waals surface area contributed by atoms with Gasteiger partial charge in [0, 0.05) is 12.0 Å². The van der Waals surface area contributed by atoms with E-state index in [1.165, 1.54) is 0 Å². The Labute approximate surface area is 84.6 Å². The van der Waals surface area contributed by atoms with Crippen molar-refractivity contribution in [3.05, 3.63) is 11.6 Å². The molecule has 4 heteroatoms. The molecule has 0 aliphatic rings. The van der Waals surface area contributed by atoms with E-state index >= 15 is 0 Å². The van der Waals surface area contributed by atoms with Gasteiger partial charge in [0.2, 0.25) is 0 Å². The SMILES string of the molecule is CC(C)c1nc(CC#N)nn1C(C)C. The molecule has 4 nitrogen and oxygen atoms in total. The van der Waals surface area contributed by atoms with E-state index in [1.807, 2.05) is 4.68 Å². The molecule has 0 saturated heterocycles. The Morgan fingerprint density at radius 1 is 1.36 bits per heavy atom. The van der Waals surface area contributed by atoms with Gasteiger partial charge in [-0.15, -0.1) is 0 Å². The fraction of sp³-hybridized carbons (Fsp3) is 0.700. The van der Waals surface area contributed by atoms with Crippen LogP contribution in [0.15, 0.2) is 0 Å². The molecule has 0 aliphatic heterocycles. The van der Waals surface area contributed by atoms with Crippen LogP contribution >= 0.6 is 0 Å². The predicted octanol–water partition coefficient (Wildman–Crippen LogP) is 2.05. The van der Waals surface area contributed by atoms with Crippen molar-refractivity contribution < 1.29 is 0 Å². The molecule has 0 bridgehead atoms. The van der Waals surface area contributed by atoms with Gasteiger partial charge in [-0.3, -0.25) is 0 Å². The summed E-state index contributed by atoms with van der Waals surface area (Å²) in [6.07, 6.45) is 0.291. The Morgan fingerprint density at radius 3 is 2.36 bits per heavy atom. The van der Waals surface area contributed by atoms with Crippen molar-refractivity contribution in [2.24, 2.45) is 0 Å². The predicted molar refractivity (Wildman–Crippen MR) is 53.8 cm³/mol. The zero-order chi connectivity index (χ0) is 10.7. The monoisotopic (exact) mass is 192 g/mol. The Balaban J connectivity index is 3.07. The lowest BCUT2D eigenvalue weighted by Crippen LogP contribution is -2.09. The zero-order valence-corrected chi connectivity index (χ0v) is 9.15. The van der Waals surface area contributed by atoms with Gasteiger partial charge in [-0.05, 0) is 13.8 Å². The molecular formula is C10H16N4. The van der Waals surface area contributed by atoms with Crippen LogP contribution in [0.1, 0.15) is 51.3 Å². The minimum absolute atomic E-state index is 0.291. The lowest BCUT2D eigenvalue weighted by molar-refractivity contribution is 0.490. The molecule has 0 unspecified atom stereocenters. The van der Waals surface area contributed by atoms with E-state index in [4.69, 9.17) is 5.26 Å². The summed E-state index contributed by atoms with van der Waals surface area (Å²) in [5, 5.41) is 12.9. The van der Waals surface area contributed by atoms with E-state index in [0.717, 1.165) is 5.82 Å². The molecule has 1 aromatic heterocycles. The van der Waals surface area contributed by atoms with Gasteiger partial charge < -0.3 is 0 Å². The first-order chi connectivity index (χ1) is 6.56.